The lowest BCUT2D eigenvalue weighted by Crippen LogP contribution is -2.45. The number of halogens is 1. The Kier molecular flexibility index (Phi) is 4.50. The Morgan fingerprint density at radius 1 is 1.47 bits per heavy atom. The number of rotatable bonds is 5. The molecule has 0 aromatic carbocycles. The van der Waals surface area contributed by atoms with Crippen molar-refractivity contribution in [3.8, 4) is 0 Å². The lowest BCUT2D eigenvalue weighted by atomic mass is 9.98. The van der Waals surface area contributed by atoms with Crippen molar-refractivity contribution < 1.29 is 10.2 Å². The number of aliphatic hydroxyl groups is 2. The standard InChI is InChI=1S/C10H15BrN2O2/c1-2-10(6-14,7-15)13-9-3-4-12-5-8(9)11/h3-5,14-15H,2,6-7H2,1H3,(H,12,13). The van der Waals surface area contributed by atoms with Crippen LogP contribution >= 0.6 is 15.9 Å². The van der Waals surface area contributed by atoms with Gasteiger partial charge in [0.2, 0.25) is 0 Å². The summed E-state index contributed by atoms with van der Waals surface area (Å²) in [6.45, 7) is 1.68. The highest BCUT2D eigenvalue weighted by Crippen LogP contribution is 2.25. The van der Waals surface area contributed by atoms with Gasteiger partial charge in [0.15, 0.2) is 0 Å². The van der Waals surface area contributed by atoms with Gasteiger partial charge in [-0.3, -0.25) is 4.98 Å². The smallest absolute Gasteiger partial charge is 0.0832 e. The molecule has 0 amide bonds. The topological polar surface area (TPSA) is 65.4 Å². The summed E-state index contributed by atoms with van der Waals surface area (Å²) in [6, 6.07) is 1.79. The third kappa shape index (κ3) is 2.90. The maximum Gasteiger partial charge on any atom is 0.0832 e. The van der Waals surface area contributed by atoms with Crippen molar-refractivity contribution in [3.05, 3.63) is 22.9 Å². The van der Waals surface area contributed by atoms with Crippen LogP contribution in [0.3, 0.4) is 0 Å². The zero-order valence-corrected chi connectivity index (χ0v) is 10.2. The summed E-state index contributed by atoms with van der Waals surface area (Å²) in [5, 5.41) is 21.7. The van der Waals surface area contributed by atoms with Gasteiger partial charge in [-0.25, -0.2) is 0 Å². The number of hydrogen-bond acceptors (Lipinski definition) is 4. The fraction of sp³-hybridized carbons (Fsp3) is 0.500. The summed E-state index contributed by atoms with van der Waals surface area (Å²) < 4.78 is 0.810. The Morgan fingerprint density at radius 3 is 2.60 bits per heavy atom. The van der Waals surface area contributed by atoms with Crippen LogP contribution in [0.1, 0.15) is 13.3 Å². The molecule has 3 N–H and O–H groups in total. The van der Waals surface area contributed by atoms with Crippen molar-refractivity contribution in [2.75, 3.05) is 18.5 Å². The van der Waals surface area contributed by atoms with Gasteiger partial charge in [-0.05, 0) is 28.4 Å². The van der Waals surface area contributed by atoms with Crippen LogP contribution in [0.25, 0.3) is 0 Å². The second-order valence-corrected chi connectivity index (χ2v) is 4.28. The van der Waals surface area contributed by atoms with E-state index in [2.05, 4.69) is 26.2 Å². The van der Waals surface area contributed by atoms with Crippen molar-refractivity contribution >= 4 is 21.6 Å². The van der Waals surface area contributed by atoms with Crippen molar-refractivity contribution in [2.24, 2.45) is 0 Å². The highest BCUT2D eigenvalue weighted by molar-refractivity contribution is 9.10. The van der Waals surface area contributed by atoms with Gasteiger partial charge in [-0.2, -0.15) is 0 Å². The van der Waals surface area contributed by atoms with Crippen molar-refractivity contribution in [1.29, 1.82) is 0 Å². The number of anilines is 1. The van der Waals surface area contributed by atoms with E-state index >= 15 is 0 Å². The highest BCUT2D eigenvalue weighted by Gasteiger charge is 2.26. The minimum atomic E-state index is -0.677. The first-order valence-corrected chi connectivity index (χ1v) is 5.56. The van der Waals surface area contributed by atoms with Crippen molar-refractivity contribution in [1.82, 2.24) is 4.98 Å². The normalized spacial score (nSPS) is 11.5. The van der Waals surface area contributed by atoms with Crippen LogP contribution in [0.4, 0.5) is 5.69 Å². The molecule has 0 unspecified atom stereocenters. The Balaban J connectivity index is 2.88. The van der Waals surface area contributed by atoms with Crippen LogP contribution in [0.2, 0.25) is 0 Å². The zero-order chi connectivity index (χ0) is 11.3. The molecule has 0 aliphatic carbocycles. The molecule has 0 bridgehead atoms. The second kappa shape index (κ2) is 5.44. The molecule has 0 atom stereocenters. The summed E-state index contributed by atoms with van der Waals surface area (Å²) in [5.41, 5.74) is 0.138. The summed E-state index contributed by atoms with van der Waals surface area (Å²) in [7, 11) is 0. The molecule has 15 heavy (non-hydrogen) atoms. The number of nitrogens with one attached hydrogen (secondary N) is 1. The van der Waals surface area contributed by atoms with Gasteiger partial charge >= 0.3 is 0 Å². The molecule has 5 heteroatoms. The second-order valence-electron chi connectivity index (χ2n) is 3.43. The Labute approximate surface area is 97.5 Å². The molecule has 0 saturated heterocycles. The summed E-state index contributed by atoms with van der Waals surface area (Å²) >= 11 is 3.35. The van der Waals surface area contributed by atoms with E-state index in [-0.39, 0.29) is 13.2 Å². The minimum absolute atomic E-state index is 0.116. The first kappa shape index (κ1) is 12.4. The number of nitrogens with zero attached hydrogens (tertiary/aromatic N) is 1. The number of hydrogen-bond donors (Lipinski definition) is 3. The fourth-order valence-corrected chi connectivity index (χ4v) is 1.55. The molecule has 0 aliphatic heterocycles. The van der Waals surface area contributed by atoms with Gasteiger partial charge in [0.05, 0.1) is 28.9 Å². The maximum absolute atomic E-state index is 9.28. The SMILES string of the molecule is CCC(CO)(CO)Nc1ccncc1Br. The van der Waals surface area contributed by atoms with Crippen LogP contribution in [0, 0.1) is 0 Å². The van der Waals surface area contributed by atoms with Gasteiger partial charge in [-0.1, -0.05) is 6.92 Å². The monoisotopic (exact) mass is 274 g/mol. The van der Waals surface area contributed by atoms with E-state index in [4.69, 9.17) is 0 Å². The number of pyridine rings is 1. The Hall–Kier alpha value is -0.650. The van der Waals surface area contributed by atoms with Crippen molar-refractivity contribution in [3.63, 3.8) is 0 Å². The molecule has 1 aromatic heterocycles. The van der Waals surface area contributed by atoms with Crippen LogP contribution in [0.5, 0.6) is 0 Å². The number of aromatic nitrogens is 1. The minimum Gasteiger partial charge on any atom is -0.394 e. The summed E-state index contributed by atoms with van der Waals surface area (Å²) in [6.07, 6.45) is 3.95. The summed E-state index contributed by atoms with van der Waals surface area (Å²) in [5.74, 6) is 0. The lowest BCUT2D eigenvalue weighted by Gasteiger charge is -2.31. The van der Waals surface area contributed by atoms with E-state index in [9.17, 15) is 10.2 Å². The van der Waals surface area contributed by atoms with E-state index in [1.165, 1.54) is 0 Å². The van der Waals surface area contributed by atoms with E-state index in [1.54, 1.807) is 18.5 Å². The quantitative estimate of drug-likeness (QED) is 0.759. The predicted octanol–water partition coefficient (Wildman–Crippen LogP) is 1.39. The molecule has 84 valence electrons. The average Bonchev–Trinajstić information content (AvgIpc) is 2.29. The third-order valence-electron chi connectivity index (χ3n) is 2.45. The molecule has 0 aliphatic rings. The largest absolute Gasteiger partial charge is 0.394 e. The number of aliphatic hydroxyl groups excluding tert-OH is 2. The van der Waals surface area contributed by atoms with E-state index < -0.39 is 5.54 Å². The Morgan fingerprint density at radius 2 is 2.13 bits per heavy atom. The van der Waals surface area contributed by atoms with Gasteiger partial charge in [0.1, 0.15) is 0 Å². The molecule has 1 rings (SSSR count). The molecule has 0 saturated carbocycles. The first-order valence-electron chi connectivity index (χ1n) is 4.77. The predicted molar refractivity (Wildman–Crippen MR) is 62.8 cm³/mol. The first-order chi connectivity index (χ1) is 7.17. The molecule has 0 spiro atoms. The Bertz CT molecular complexity index is 308. The molecule has 0 fully saturated rings. The molecule has 4 nitrogen and oxygen atoms in total. The molecule has 0 radical (unpaired) electrons. The van der Waals surface area contributed by atoms with Gasteiger partial charge in [-0.15, -0.1) is 0 Å². The third-order valence-corrected chi connectivity index (χ3v) is 3.09. The van der Waals surface area contributed by atoms with Crippen molar-refractivity contribution in [2.45, 2.75) is 18.9 Å². The van der Waals surface area contributed by atoms with E-state index in [1.807, 2.05) is 6.92 Å². The van der Waals surface area contributed by atoms with Gasteiger partial charge in [0, 0.05) is 12.4 Å². The van der Waals surface area contributed by atoms with Gasteiger partial charge in [0.25, 0.3) is 0 Å². The maximum atomic E-state index is 9.28. The molecular weight excluding hydrogens is 260 g/mol. The van der Waals surface area contributed by atoms with Crippen LogP contribution in [-0.2, 0) is 0 Å². The van der Waals surface area contributed by atoms with Crippen LogP contribution < -0.4 is 5.32 Å². The highest BCUT2D eigenvalue weighted by atomic mass is 79.9. The molecule has 1 heterocycles. The summed E-state index contributed by atoms with van der Waals surface area (Å²) in [4.78, 5) is 3.94. The lowest BCUT2D eigenvalue weighted by molar-refractivity contribution is 0.132. The fourth-order valence-electron chi connectivity index (χ4n) is 1.20. The molecule has 1 aromatic rings. The van der Waals surface area contributed by atoms with Crippen LogP contribution in [0.15, 0.2) is 22.9 Å². The van der Waals surface area contributed by atoms with Gasteiger partial charge < -0.3 is 15.5 Å². The van der Waals surface area contributed by atoms with E-state index in [0.29, 0.717) is 6.42 Å². The zero-order valence-electron chi connectivity index (χ0n) is 8.57. The molecular formula is C10H15BrN2O2. The van der Waals surface area contributed by atoms with Crippen LogP contribution in [-0.4, -0.2) is 33.9 Å². The average molecular weight is 275 g/mol. The van der Waals surface area contributed by atoms with E-state index in [0.717, 1.165) is 10.2 Å².